The maximum atomic E-state index is 12.7. The van der Waals surface area contributed by atoms with Crippen molar-refractivity contribution in [2.24, 2.45) is 0 Å². The van der Waals surface area contributed by atoms with E-state index in [-0.39, 0.29) is 42.8 Å². The quantitative estimate of drug-likeness (QED) is 0.723. The SMILES string of the molecule is CC1NCCN(C(=O)c2ccc(Oc3cccc(Cl)c3Cl)nc2)C1C.Cl.Cl. The van der Waals surface area contributed by atoms with E-state index in [2.05, 4.69) is 17.2 Å². The number of aromatic nitrogens is 1. The number of benzene rings is 1. The molecule has 2 heterocycles. The van der Waals surface area contributed by atoms with E-state index >= 15 is 0 Å². The van der Waals surface area contributed by atoms with Gasteiger partial charge in [0.2, 0.25) is 5.88 Å². The third-order valence-corrected chi connectivity index (χ3v) is 5.21. The van der Waals surface area contributed by atoms with Gasteiger partial charge < -0.3 is 15.0 Å². The fraction of sp³-hybridized carbons (Fsp3) is 0.333. The van der Waals surface area contributed by atoms with Gasteiger partial charge >= 0.3 is 0 Å². The molecule has 0 spiro atoms. The normalized spacial score (nSPS) is 18.9. The van der Waals surface area contributed by atoms with Gasteiger partial charge in [0, 0.05) is 37.4 Å². The molecule has 1 aromatic heterocycles. The number of halogens is 4. The van der Waals surface area contributed by atoms with Gasteiger partial charge in [-0.2, -0.15) is 0 Å². The number of amides is 1. The number of rotatable bonds is 3. The molecule has 1 aliphatic heterocycles. The smallest absolute Gasteiger partial charge is 0.255 e. The molecular formula is C18H21Cl4N3O2. The summed E-state index contributed by atoms with van der Waals surface area (Å²) in [7, 11) is 0. The number of carbonyl (C=O) groups is 1. The summed E-state index contributed by atoms with van der Waals surface area (Å²) in [5, 5.41) is 4.10. The molecule has 0 bridgehead atoms. The van der Waals surface area contributed by atoms with Crippen molar-refractivity contribution in [3.8, 4) is 11.6 Å². The summed E-state index contributed by atoms with van der Waals surface area (Å²) in [6, 6.07) is 8.89. The van der Waals surface area contributed by atoms with Gasteiger partial charge in [0.15, 0.2) is 0 Å². The molecule has 1 aromatic carbocycles. The van der Waals surface area contributed by atoms with Gasteiger partial charge in [0.05, 0.1) is 10.6 Å². The van der Waals surface area contributed by atoms with E-state index in [9.17, 15) is 4.79 Å². The summed E-state index contributed by atoms with van der Waals surface area (Å²) in [5.41, 5.74) is 0.533. The van der Waals surface area contributed by atoms with Crippen molar-refractivity contribution in [3.05, 3.63) is 52.1 Å². The number of pyridine rings is 1. The van der Waals surface area contributed by atoms with Crippen molar-refractivity contribution in [1.29, 1.82) is 0 Å². The summed E-state index contributed by atoms with van der Waals surface area (Å²) in [6.07, 6.45) is 1.52. The standard InChI is InChI=1S/C18H19Cl2N3O2.2ClH/c1-11-12(2)23(9-8-21-11)18(24)13-6-7-16(22-10-13)25-15-5-3-4-14(19)17(15)20;;/h3-7,10-12,21H,8-9H2,1-2H3;2*1H. The Kier molecular flexibility index (Phi) is 9.12. The summed E-state index contributed by atoms with van der Waals surface area (Å²) >= 11 is 12.1. The van der Waals surface area contributed by atoms with Crippen LogP contribution in [0.3, 0.4) is 0 Å². The first-order valence-corrected chi connectivity index (χ1v) is 8.85. The van der Waals surface area contributed by atoms with Gasteiger partial charge in [-0.15, -0.1) is 24.8 Å². The van der Waals surface area contributed by atoms with Crippen LogP contribution >= 0.6 is 48.0 Å². The Morgan fingerprint density at radius 1 is 1.22 bits per heavy atom. The Bertz CT molecular complexity index is 774. The molecule has 0 radical (unpaired) electrons. The molecule has 1 N–H and O–H groups in total. The molecule has 9 heteroatoms. The van der Waals surface area contributed by atoms with Crippen LogP contribution in [-0.2, 0) is 0 Å². The Balaban J connectivity index is 0.00000182. The highest BCUT2D eigenvalue weighted by Crippen LogP contribution is 2.34. The van der Waals surface area contributed by atoms with Crippen LogP contribution in [0.2, 0.25) is 10.0 Å². The first-order valence-electron chi connectivity index (χ1n) is 8.09. The van der Waals surface area contributed by atoms with E-state index in [0.717, 1.165) is 6.54 Å². The molecule has 27 heavy (non-hydrogen) atoms. The number of ether oxygens (including phenoxy) is 1. The monoisotopic (exact) mass is 451 g/mol. The van der Waals surface area contributed by atoms with Crippen LogP contribution < -0.4 is 10.1 Å². The second-order valence-electron chi connectivity index (χ2n) is 6.02. The lowest BCUT2D eigenvalue weighted by Crippen LogP contribution is -2.57. The Morgan fingerprint density at radius 2 is 1.96 bits per heavy atom. The largest absolute Gasteiger partial charge is 0.437 e. The highest BCUT2D eigenvalue weighted by molar-refractivity contribution is 6.42. The lowest BCUT2D eigenvalue weighted by molar-refractivity contribution is 0.0602. The van der Waals surface area contributed by atoms with Crippen LogP contribution in [0, 0.1) is 0 Å². The van der Waals surface area contributed by atoms with E-state index in [1.165, 1.54) is 6.20 Å². The van der Waals surface area contributed by atoms with Crippen LogP contribution in [0.5, 0.6) is 11.6 Å². The van der Waals surface area contributed by atoms with Crippen molar-refractivity contribution in [3.63, 3.8) is 0 Å². The second-order valence-corrected chi connectivity index (χ2v) is 6.81. The van der Waals surface area contributed by atoms with Crippen LogP contribution in [0.1, 0.15) is 24.2 Å². The predicted octanol–water partition coefficient (Wildman–Crippen LogP) is 4.85. The van der Waals surface area contributed by atoms with Gasteiger partial charge in [-0.3, -0.25) is 4.79 Å². The van der Waals surface area contributed by atoms with Crippen molar-refractivity contribution in [2.75, 3.05) is 13.1 Å². The van der Waals surface area contributed by atoms with Crippen LogP contribution in [0.25, 0.3) is 0 Å². The van der Waals surface area contributed by atoms with E-state index < -0.39 is 0 Å². The molecule has 0 saturated carbocycles. The fourth-order valence-electron chi connectivity index (χ4n) is 2.75. The Morgan fingerprint density at radius 3 is 2.63 bits per heavy atom. The Hall–Kier alpha value is -1.24. The van der Waals surface area contributed by atoms with E-state index in [1.807, 2.05) is 11.8 Å². The van der Waals surface area contributed by atoms with Crippen LogP contribution in [0.4, 0.5) is 0 Å². The zero-order valence-corrected chi connectivity index (χ0v) is 18.0. The molecule has 3 rings (SSSR count). The molecule has 5 nitrogen and oxygen atoms in total. The summed E-state index contributed by atoms with van der Waals surface area (Å²) in [4.78, 5) is 18.8. The van der Waals surface area contributed by atoms with Gasteiger partial charge in [-0.1, -0.05) is 29.3 Å². The molecule has 1 amide bonds. The van der Waals surface area contributed by atoms with Crippen molar-refractivity contribution in [2.45, 2.75) is 25.9 Å². The summed E-state index contributed by atoms with van der Waals surface area (Å²) < 4.78 is 5.65. The number of hydrogen-bond acceptors (Lipinski definition) is 4. The van der Waals surface area contributed by atoms with Gasteiger partial charge in [-0.05, 0) is 32.0 Å². The molecular weight excluding hydrogens is 432 g/mol. The fourth-order valence-corrected chi connectivity index (χ4v) is 3.08. The zero-order valence-electron chi connectivity index (χ0n) is 14.8. The average Bonchev–Trinajstić information content (AvgIpc) is 2.61. The Labute approximate surface area is 181 Å². The molecule has 2 unspecified atom stereocenters. The van der Waals surface area contributed by atoms with Crippen molar-refractivity contribution in [1.82, 2.24) is 15.2 Å². The van der Waals surface area contributed by atoms with Gasteiger partial charge in [-0.25, -0.2) is 4.98 Å². The minimum atomic E-state index is -0.0271. The molecule has 1 aliphatic rings. The number of nitrogens with one attached hydrogen (secondary N) is 1. The molecule has 2 atom stereocenters. The highest BCUT2D eigenvalue weighted by atomic mass is 35.5. The number of nitrogens with zero attached hydrogens (tertiary/aromatic N) is 2. The number of carbonyl (C=O) groups excluding carboxylic acids is 1. The van der Waals surface area contributed by atoms with E-state index in [1.54, 1.807) is 30.3 Å². The van der Waals surface area contributed by atoms with E-state index in [0.29, 0.717) is 33.8 Å². The molecule has 148 valence electrons. The number of hydrogen-bond donors (Lipinski definition) is 1. The lowest BCUT2D eigenvalue weighted by atomic mass is 10.1. The minimum Gasteiger partial charge on any atom is -0.437 e. The molecule has 2 aromatic rings. The van der Waals surface area contributed by atoms with Crippen LogP contribution in [0.15, 0.2) is 36.5 Å². The zero-order chi connectivity index (χ0) is 18.0. The van der Waals surface area contributed by atoms with Crippen LogP contribution in [-0.4, -0.2) is 41.0 Å². The number of piperazine rings is 1. The second kappa shape index (κ2) is 10.3. The third kappa shape index (κ3) is 5.39. The van der Waals surface area contributed by atoms with Crippen molar-refractivity contribution < 1.29 is 9.53 Å². The van der Waals surface area contributed by atoms with Gasteiger partial charge in [0.1, 0.15) is 10.8 Å². The first kappa shape index (κ1) is 23.8. The summed E-state index contributed by atoms with van der Waals surface area (Å²) in [5.74, 6) is 0.744. The minimum absolute atomic E-state index is 0. The molecule has 0 aliphatic carbocycles. The third-order valence-electron chi connectivity index (χ3n) is 4.41. The topological polar surface area (TPSA) is 54.5 Å². The predicted molar refractivity (Wildman–Crippen MR) is 113 cm³/mol. The van der Waals surface area contributed by atoms with Gasteiger partial charge in [0.25, 0.3) is 5.91 Å². The summed E-state index contributed by atoms with van der Waals surface area (Å²) in [6.45, 7) is 5.59. The average molecular weight is 453 g/mol. The lowest BCUT2D eigenvalue weighted by Gasteiger charge is -2.38. The molecule has 1 saturated heterocycles. The maximum Gasteiger partial charge on any atom is 0.255 e. The maximum absolute atomic E-state index is 12.7. The van der Waals surface area contributed by atoms with E-state index in [4.69, 9.17) is 27.9 Å². The van der Waals surface area contributed by atoms with Crippen molar-refractivity contribution >= 4 is 53.9 Å². The first-order chi connectivity index (χ1) is 12.0. The molecule has 1 fully saturated rings. The highest BCUT2D eigenvalue weighted by Gasteiger charge is 2.28.